The summed E-state index contributed by atoms with van der Waals surface area (Å²) in [6.07, 6.45) is 6.37. The predicted molar refractivity (Wildman–Crippen MR) is 86.0 cm³/mol. The highest BCUT2D eigenvalue weighted by Crippen LogP contribution is 2.37. The molecule has 0 aromatic carbocycles. The Morgan fingerprint density at radius 2 is 1.86 bits per heavy atom. The minimum atomic E-state index is -0.306. The summed E-state index contributed by atoms with van der Waals surface area (Å²) in [4.78, 5) is 4.42. The zero-order chi connectivity index (χ0) is 15.1. The molecule has 1 aromatic rings. The van der Waals surface area contributed by atoms with Crippen molar-refractivity contribution in [3.05, 3.63) is 29.9 Å². The molecule has 2 aliphatic rings. The van der Waals surface area contributed by atoms with Crippen molar-refractivity contribution in [3.63, 3.8) is 0 Å². The first-order valence-electron chi connectivity index (χ1n) is 7.62. The van der Waals surface area contributed by atoms with Gasteiger partial charge in [0.1, 0.15) is 5.82 Å². The van der Waals surface area contributed by atoms with Gasteiger partial charge in [-0.05, 0) is 58.2 Å². The van der Waals surface area contributed by atoms with Crippen molar-refractivity contribution >= 4 is 19.0 Å². The second-order valence-electron chi connectivity index (χ2n) is 6.88. The van der Waals surface area contributed by atoms with Crippen LogP contribution in [0.1, 0.15) is 46.1 Å². The van der Waals surface area contributed by atoms with Gasteiger partial charge in [0.15, 0.2) is 0 Å². The molecule has 2 fully saturated rings. The van der Waals surface area contributed by atoms with Gasteiger partial charge >= 0.3 is 7.12 Å². The Hall–Kier alpha value is -1.33. The summed E-state index contributed by atoms with van der Waals surface area (Å²) in [5.41, 5.74) is 0.461. The van der Waals surface area contributed by atoms with Crippen LogP contribution in [0.25, 0.3) is 6.08 Å². The Labute approximate surface area is 127 Å². The summed E-state index contributed by atoms with van der Waals surface area (Å²) < 4.78 is 11.9. The predicted octanol–water partition coefficient (Wildman–Crippen LogP) is 3.30. The van der Waals surface area contributed by atoms with Crippen LogP contribution in [0.15, 0.2) is 24.3 Å². The maximum absolute atomic E-state index is 5.93. The van der Waals surface area contributed by atoms with Crippen LogP contribution >= 0.6 is 0 Å². The van der Waals surface area contributed by atoms with Gasteiger partial charge in [0.2, 0.25) is 0 Å². The minimum absolute atomic E-state index is 0.293. The maximum Gasteiger partial charge on any atom is 0.487 e. The molecule has 0 unspecified atom stereocenters. The van der Waals surface area contributed by atoms with Crippen molar-refractivity contribution in [3.8, 4) is 0 Å². The van der Waals surface area contributed by atoms with Gasteiger partial charge in [-0.3, -0.25) is 0 Å². The van der Waals surface area contributed by atoms with Crippen LogP contribution in [0.3, 0.4) is 0 Å². The summed E-state index contributed by atoms with van der Waals surface area (Å²) in [5.74, 6) is 2.90. The Bertz CT molecular complexity index is 520. The largest absolute Gasteiger partial charge is 0.487 e. The van der Waals surface area contributed by atoms with E-state index in [0.29, 0.717) is 6.04 Å². The molecule has 1 aromatic heterocycles. The standard InChI is InChI=1S/C16H23BN2O2/c1-15(2)16(3,4)21-17(20-15)10-9-12-5-8-14(18-11-12)19-13-6-7-13/h5,8-11,13H,6-7H2,1-4H3,(H,18,19)/b10-9+. The first-order valence-corrected chi connectivity index (χ1v) is 7.62. The van der Waals surface area contributed by atoms with Gasteiger partial charge in [-0.15, -0.1) is 0 Å². The van der Waals surface area contributed by atoms with Gasteiger partial charge < -0.3 is 14.6 Å². The molecular formula is C16H23BN2O2. The molecule has 4 nitrogen and oxygen atoms in total. The number of nitrogens with zero attached hydrogens (tertiary/aromatic N) is 1. The third kappa shape index (κ3) is 3.30. The molecule has 0 amide bonds. The fourth-order valence-corrected chi connectivity index (χ4v) is 2.18. The molecule has 1 saturated carbocycles. The number of rotatable bonds is 4. The smallest absolute Gasteiger partial charge is 0.400 e. The number of nitrogens with one attached hydrogen (secondary N) is 1. The summed E-state index contributed by atoms with van der Waals surface area (Å²) in [6.45, 7) is 8.23. The van der Waals surface area contributed by atoms with Crippen molar-refractivity contribution in [2.45, 2.75) is 57.8 Å². The number of anilines is 1. The second-order valence-corrected chi connectivity index (χ2v) is 6.88. The van der Waals surface area contributed by atoms with Crippen molar-refractivity contribution in [1.29, 1.82) is 0 Å². The van der Waals surface area contributed by atoms with Crippen molar-refractivity contribution in [2.24, 2.45) is 0 Å². The average molecular weight is 286 g/mol. The molecule has 0 spiro atoms. The number of pyridine rings is 1. The van der Waals surface area contributed by atoms with Crippen molar-refractivity contribution in [1.82, 2.24) is 4.98 Å². The number of hydrogen-bond donors (Lipinski definition) is 1. The van der Waals surface area contributed by atoms with E-state index in [1.165, 1.54) is 12.8 Å². The summed E-state index contributed by atoms with van der Waals surface area (Å²) in [7, 11) is -0.306. The van der Waals surface area contributed by atoms with E-state index in [9.17, 15) is 0 Å². The molecule has 1 aliphatic carbocycles. The highest BCUT2D eigenvalue weighted by atomic mass is 16.7. The molecule has 0 atom stereocenters. The quantitative estimate of drug-likeness (QED) is 0.862. The van der Waals surface area contributed by atoms with E-state index in [0.717, 1.165) is 11.4 Å². The Morgan fingerprint density at radius 1 is 1.19 bits per heavy atom. The molecule has 112 valence electrons. The van der Waals surface area contributed by atoms with Gasteiger partial charge in [-0.2, -0.15) is 0 Å². The van der Waals surface area contributed by atoms with E-state index in [-0.39, 0.29) is 18.3 Å². The lowest BCUT2D eigenvalue weighted by atomic mass is 9.89. The third-order valence-electron chi connectivity index (χ3n) is 4.43. The monoisotopic (exact) mass is 286 g/mol. The number of hydrogen-bond acceptors (Lipinski definition) is 4. The normalized spacial score (nSPS) is 23.7. The third-order valence-corrected chi connectivity index (χ3v) is 4.43. The number of aromatic nitrogens is 1. The fourth-order valence-electron chi connectivity index (χ4n) is 2.18. The van der Waals surface area contributed by atoms with Gasteiger partial charge in [0, 0.05) is 12.2 Å². The fraction of sp³-hybridized carbons (Fsp3) is 0.562. The first kappa shape index (κ1) is 14.6. The molecule has 0 bridgehead atoms. The zero-order valence-corrected chi connectivity index (χ0v) is 13.2. The van der Waals surface area contributed by atoms with Crippen LogP contribution in [0.5, 0.6) is 0 Å². The van der Waals surface area contributed by atoms with Gasteiger partial charge in [-0.1, -0.05) is 12.1 Å². The van der Waals surface area contributed by atoms with Crippen LogP contribution in [-0.2, 0) is 9.31 Å². The molecule has 2 heterocycles. The average Bonchev–Trinajstić information content (AvgIpc) is 3.17. The molecular weight excluding hydrogens is 263 g/mol. The van der Waals surface area contributed by atoms with E-state index in [1.54, 1.807) is 0 Å². The highest BCUT2D eigenvalue weighted by molar-refractivity contribution is 6.52. The van der Waals surface area contributed by atoms with E-state index < -0.39 is 0 Å². The Kier molecular flexibility index (Phi) is 3.58. The van der Waals surface area contributed by atoms with E-state index in [2.05, 4.69) is 44.1 Å². The molecule has 1 aliphatic heterocycles. The first-order chi connectivity index (χ1) is 9.86. The minimum Gasteiger partial charge on any atom is -0.400 e. The lowest BCUT2D eigenvalue weighted by molar-refractivity contribution is 0.00578. The maximum atomic E-state index is 5.93. The van der Waals surface area contributed by atoms with E-state index in [1.807, 2.05) is 24.3 Å². The molecule has 1 saturated heterocycles. The Morgan fingerprint density at radius 3 is 2.38 bits per heavy atom. The van der Waals surface area contributed by atoms with Crippen LogP contribution in [-0.4, -0.2) is 29.3 Å². The topological polar surface area (TPSA) is 43.4 Å². The van der Waals surface area contributed by atoms with E-state index >= 15 is 0 Å². The van der Waals surface area contributed by atoms with Crippen molar-refractivity contribution in [2.75, 3.05) is 5.32 Å². The lowest BCUT2D eigenvalue weighted by Crippen LogP contribution is -2.41. The van der Waals surface area contributed by atoms with Crippen LogP contribution in [0.2, 0.25) is 0 Å². The van der Waals surface area contributed by atoms with Crippen molar-refractivity contribution < 1.29 is 9.31 Å². The van der Waals surface area contributed by atoms with Crippen LogP contribution in [0, 0.1) is 0 Å². The summed E-state index contributed by atoms with van der Waals surface area (Å²) in [5, 5.41) is 3.38. The van der Waals surface area contributed by atoms with Gasteiger partial charge in [0.05, 0.1) is 11.2 Å². The van der Waals surface area contributed by atoms with Crippen LogP contribution in [0.4, 0.5) is 5.82 Å². The van der Waals surface area contributed by atoms with Gasteiger partial charge in [0.25, 0.3) is 0 Å². The molecule has 1 N–H and O–H groups in total. The SMILES string of the molecule is CC1(C)OB(/C=C/c2ccc(NC3CC3)nc2)OC1(C)C. The molecule has 3 rings (SSSR count). The summed E-state index contributed by atoms with van der Waals surface area (Å²) >= 11 is 0. The molecule has 0 radical (unpaired) electrons. The Balaban J connectivity index is 1.61. The molecule has 5 heteroatoms. The van der Waals surface area contributed by atoms with Crippen LogP contribution < -0.4 is 5.32 Å². The van der Waals surface area contributed by atoms with E-state index in [4.69, 9.17) is 9.31 Å². The highest BCUT2D eigenvalue weighted by Gasteiger charge is 2.49. The molecule has 21 heavy (non-hydrogen) atoms. The zero-order valence-electron chi connectivity index (χ0n) is 13.2. The lowest BCUT2D eigenvalue weighted by Gasteiger charge is -2.32. The van der Waals surface area contributed by atoms with Gasteiger partial charge in [-0.25, -0.2) is 4.98 Å². The second kappa shape index (κ2) is 5.14. The summed E-state index contributed by atoms with van der Waals surface area (Å²) in [6, 6.07) is 4.70.